The maximum absolute atomic E-state index is 13.6. The van der Waals surface area contributed by atoms with Gasteiger partial charge in [0.25, 0.3) is 0 Å². The fourth-order valence-corrected chi connectivity index (χ4v) is 4.24. The summed E-state index contributed by atoms with van der Waals surface area (Å²) >= 11 is 0. The van der Waals surface area contributed by atoms with Crippen molar-refractivity contribution < 1.29 is 37.7 Å². The number of benzene rings is 1. The van der Waals surface area contributed by atoms with Crippen LogP contribution in [0.4, 0.5) is 4.79 Å². The molecule has 1 fully saturated rings. The molecule has 200 valence electrons. The molecule has 11 nitrogen and oxygen atoms in total. The van der Waals surface area contributed by atoms with Crippen molar-refractivity contribution in [1.82, 2.24) is 15.1 Å². The molecule has 0 spiro atoms. The average Bonchev–Trinajstić information content (AvgIpc) is 3.64. The first-order valence-electron chi connectivity index (χ1n) is 12.4. The summed E-state index contributed by atoms with van der Waals surface area (Å²) in [4.78, 5) is 41.3. The number of ether oxygens (including phenoxy) is 4. The van der Waals surface area contributed by atoms with Gasteiger partial charge in [-0.05, 0) is 56.5 Å². The Bertz CT molecular complexity index is 1100. The zero-order valence-corrected chi connectivity index (χ0v) is 21.2. The van der Waals surface area contributed by atoms with Crippen LogP contribution in [0.25, 0.3) is 0 Å². The molecule has 1 atom stereocenters. The number of amides is 3. The molecule has 3 heterocycles. The van der Waals surface area contributed by atoms with Crippen molar-refractivity contribution in [2.75, 3.05) is 39.6 Å². The van der Waals surface area contributed by atoms with E-state index >= 15 is 0 Å². The van der Waals surface area contributed by atoms with E-state index in [1.807, 2.05) is 37.3 Å². The number of carbonyl (C=O) groups is 3. The Hall–Kier alpha value is -3.73. The van der Waals surface area contributed by atoms with Crippen LogP contribution in [0.1, 0.15) is 36.8 Å². The lowest BCUT2D eigenvalue weighted by atomic mass is 10.1. The van der Waals surface area contributed by atoms with E-state index in [0.717, 1.165) is 24.2 Å². The largest absolute Gasteiger partial charge is 0.465 e. The lowest BCUT2D eigenvalue weighted by Crippen LogP contribution is -2.50. The smallest absolute Gasteiger partial charge is 0.325 e. The van der Waals surface area contributed by atoms with Gasteiger partial charge < -0.3 is 38.5 Å². The molecule has 1 N–H and O–H groups in total. The standard InChI is InChI=1S/C26H33N3O8/c1-3-33-25(31)12-27-26(32)29(14-20-5-4-10-34-20)16-24(30)28(15-21-8-6-18(2)37-21)13-19-7-9-22-23(11-19)36-17-35-22/h6-9,11,20H,3-5,10,12-17H2,1-2H3,(H,27,32). The van der Waals surface area contributed by atoms with Crippen LogP contribution >= 0.6 is 0 Å². The Kier molecular flexibility index (Phi) is 8.89. The molecule has 2 aliphatic rings. The molecule has 4 rings (SSSR count). The fourth-order valence-electron chi connectivity index (χ4n) is 4.24. The summed E-state index contributed by atoms with van der Waals surface area (Å²) in [5, 5.41) is 2.55. The molecule has 0 aliphatic carbocycles. The van der Waals surface area contributed by atoms with E-state index in [4.69, 9.17) is 23.4 Å². The van der Waals surface area contributed by atoms with Gasteiger partial charge in [-0.25, -0.2) is 4.79 Å². The normalized spacial score (nSPS) is 15.9. The summed E-state index contributed by atoms with van der Waals surface area (Å²) in [5.41, 5.74) is 0.846. The number of furan rings is 1. The average molecular weight is 516 g/mol. The number of carbonyl (C=O) groups excluding carboxylic acids is 3. The molecule has 0 radical (unpaired) electrons. The Morgan fingerprint density at radius 1 is 1.08 bits per heavy atom. The predicted molar refractivity (Wildman–Crippen MR) is 131 cm³/mol. The molecule has 1 saturated heterocycles. The third-order valence-corrected chi connectivity index (χ3v) is 6.06. The third-order valence-electron chi connectivity index (χ3n) is 6.06. The number of urea groups is 1. The second-order valence-corrected chi connectivity index (χ2v) is 8.93. The van der Waals surface area contributed by atoms with Crippen LogP contribution in [0, 0.1) is 6.92 Å². The van der Waals surface area contributed by atoms with E-state index in [0.29, 0.717) is 23.9 Å². The van der Waals surface area contributed by atoms with E-state index in [1.165, 1.54) is 4.90 Å². The van der Waals surface area contributed by atoms with Crippen molar-refractivity contribution in [3.8, 4) is 11.5 Å². The van der Waals surface area contributed by atoms with E-state index in [9.17, 15) is 14.4 Å². The highest BCUT2D eigenvalue weighted by Crippen LogP contribution is 2.33. The lowest BCUT2D eigenvalue weighted by Gasteiger charge is -2.29. The summed E-state index contributed by atoms with van der Waals surface area (Å²) in [5.74, 6) is 1.82. The SMILES string of the molecule is CCOC(=O)CNC(=O)N(CC(=O)N(Cc1ccc2c(c1)OCO2)Cc1ccc(C)o1)CC1CCCO1. The van der Waals surface area contributed by atoms with Crippen LogP contribution in [0.2, 0.25) is 0 Å². The highest BCUT2D eigenvalue weighted by molar-refractivity contribution is 5.86. The van der Waals surface area contributed by atoms with Crippen molar-refractivity contribution in [3.63, 3.8) is 0 Å². The van der Waals surface area contributed by atoms with Crippen molar-refractivity contribution in [2.24, 2.45) is 0 Å². The second-order valence-electron chi connectivity index (χ2n) is 8.93. The maximum atomic E-state index is 13.6. The Labute approximate surface area is 215 Å². The molecule has 1 unspecified atom stereocenters. The Morgan fingerprint density at radius 3 is 2.65 bits per heavy atom. The molecule has 0 bridgehead atoms. The molecule has 2 aliphatic heterocycles. The fraction of sp³-hybridized carbons (Fsp3) is 0.500. The number of fused-ring (bicyclic) bond motifs is 1. The summed E-state index contributed by atoms with van der Waals surface area (Å²) in [6.45, 7) is 4.77. The monoisotopic (exact) mass is 515 g/mol. The van der Waals surface area contributed by atoms with E-state index in [-0.39, 0.29) is 58.1 Å². The molecule has 37 heavy (non-hydrogen) atoms. The number of nitrogens with one attached hydrogen (secondary N) is 1. The first-order chi connectivity index (χ1) is 17.9. The number of rotatable bonds is 11. The summed E-state index contributed by atoms with van der Waals surface area (Å²) < 4.78 is 27.2. The number of esters is 1. The zero-order chi connectivity index (χ0) is 26.2. The number of aryl methyl sites for hydroxylation is 1. The van der Waals surface area contributed by atoms with Crippen LogP contribution in [0.3, 0.4) is 0 Å². The van der Waals surface area contributed by atoms with Gasteiger partial charge in [0, 0.05) is 19.7 Å². The van der Waals surface area contributed by atoms with Gasteiger partial charge in [0.15, 0.2) is 11.5 Å². The second kappa shape index (κ2) is 12.5. The van der Waals surface area contributed by atoms with Gasteiger partial charge >= 0.3 is 12.0 Å². The minimum absolute atomic E-state index is 0.159. The summed E-state index contributed by atoms with van der Waals surface area (Å²) in [7, 11) is 0. The Morgan fingerprint density at radius 2 is 1.92 bits per heavy atom. The van der Waals surface area contributed by atoms with Gasteiger partial charge in [0.2, 0.25) is 12.7 Å². The van der Waals surface area contributed by atoms with Crippen molar-refractivity contribution in [3.05, 3.63) is 47.4 Å². The van der Waals surface area contributed by atoms with Gasteiger partial charge in [-0.2, -0.15) is 0 Å². The molecular formula is C26H33N3O8. The van der Waals surface area contributed by atoms with Crippen LogP contribution in [0.15, 0.2) is 34.7 Å². The highest BCUT2D eigenvalue weighted by atomic mass is 16.7. The number of hydrogen-bond donors (Lipinski definition) is 1. The number of hydrogen-bond acceptors (Lipinski definition) is 8. The Balaban J connectivity index is 1.48. The van der Waals surface area contributed by atoms with Crippen LogP contribution in [-0.2, 0) is 32.2 Å². The first kappa shape index (κ1) is 26.3. The van der Waals surface area contributed by atoms with Crippen LogP contribution in [-0.4, -0.2) is 73.5 Å². The van der Waals surface area contributed by atoms with Gasteiger partial charge in [-0.1, -0.05) is 6.07 Å². The third kappa shape index (κ3) is 7.39. The van der Waals surface area contributed by atoms with Crippen molar-refractivity contribution in [2.45, 2.75) is 45.9 Å². The number of nitrogens with zero attached hydrogens (tertiary/aromatic N) is 2. The minimum Gasteiger partial charge on any atom is -0.465 e. The lowest BCUT2D eigenvalue weighted by molar-refractivity contribution is -0.141. The van der Waals surface area contributed by atoms with E-state index in [2.05, 4.69) is 5.32 Å². The summed E-state index contributed by atoms with van der Waals surface area (Å²) in [6.07, 6.45) is 1.52. The van der Waals surface area contributed by atoms with Crippen LogP contribution in [0.5, 0.6) is 11.5 Å². The molecule has 11 heteroatoms. The van der Waals surface area contributed by atoms with Gasteiger partial charge in [0.05, 0.1) is 19.3 Å². The molecule has 2 aromatic rings. The van der Waals surface area contributed by atoms with Gasteiger partial charge in [0.1, 0.15) is 24.6 Å². The first-order valence-corrected chi connectivity index (χ1v) is 12.4. The van der Waals surface area contributed by atoms with Gasteiger partial charge in [-0.15, -0.1) is 0 Å². The molecule has 3 amide bonds. The summed E-state index contributed by atoms with van der Waals surface area (Å²) in [6, 6.07) is 8.65. The van der Waals surface area contributed by atoms with E-state index < -0.39 is 12.0 Å². The van der Waals surface area contributed by atoms with E-state index in [1.54, 1.807) is 11.8 Å². The van der Waals surface area contributed by atoms with Crippen molar-refractivity contribution in [1.29, 1.82) is 0 Å². The minimum atomic E-state index is -0.545. The molecular weight excluding hydrogens is 482 g/mol. The quantitative estimate of drug-likeness (QED) is 0.454. The topological polar surface area (TPSA) is 120 Å². The van der Waals surface area contributed by atoms with Crippen LogP contribution < -0.4 is 14.8 Å². The molecule has 0 saturated carbocycles. The zero-order valence-electron chi connectivity index (χ0n) is 21.2. The molecule has 1 aromatic heterocycles. The predicted octanol–water partition coefficient (Wildman–Crippen LogP) is 2.60. The van der Waals surface area contributed by atoms with Crippen molar-refractivity contribution >= 4 is 17.9 Å². The van der Waals surface area contributed by atoms with Gasteiger partial charge in [-0.3, -0.25) is 9.59 Å². The maximum Gasteiger partial charge on any atom is 0.325 e. The highest BCUT2D eigenvalue weighted by Gasteiger charge is 2.27. The molecule has 1 aromatic carbocycles.